The summed E-state index contributed by atoms with van der Waals surface area (Å²) in [6.45, 7) is 9.35. The lowest BCUT2D eigenvalue weighted by Gasteiger charge is -2.12. The zero-order valence-electron chi connectivity index (χ0n) is 15.3. The monoisotopic (exact) mass is 342 g/mol. The zero-order chi connectivity index (χ0) is 18.2. The molecule has 0 bridgehead atoms. The Morgan fingerprint density at radius 1 is 1.32 bits per heavy atom. The Morgan fingerprint density at radius 2 is 2.12 bits per heavy atom. The van der Waals surface area contributed by atoms with E-state index in [0.29, 0.717) is 25.6 Å². The van der Waals surface area contributed by atoms with E-state index < -0.39 is 0 Å². The fourth-order valence-electron chi connectivity index (χ4n) is 2.26. The van der Waals surface area contributed by atoms with Crippen molar-refractivity contribution in [1.82, 2.24) is 25.4 Å². The molecule has 0 saturated heterocycles. The van der Waals surface area contributed by atoms with Crippen LogP contribution in [0.5, 0.6) is 5.75 Å². The third kappa shape index (κ3) is 5.07. The van der Waals surface area contributed by atoms with Gasteiger partial charge in [-0.2, -0.15) is 0 Å². The first-order valence-corrected chi connectivity index (χ1v) is 8.16. The standard InChI is InChI=1S/C18H26N6O/c1-6-9-19-18(21-12-17-23-22-14(3)24(17)4)20-11-15-8-7-13(2)10-16(15)25-5/h6-8,10H,1,9,11-12H2,2-5H3,(H2,19,20,21). The van der Waals surface area contributed by atoms with Crippen molar-refractivity contribution in [2.45, 2.75) is 26.9 Å². The molecule has 0 aliphatic rings. The molecule has 0 radical (unpaired) electrons. The van der Waals surface area contributed by atoms with E-state index in [-0.39, 0.29) is 0 Å². The van der Waals surface area contributed by atoms with E-state index in [4.69, 9.17) is 4.74 Å². The molecule has 0 amide bonds. The number of aliphatic imine (C=N–C) groups is 1. The van der Waals surface area contributed by atoms with Crippen molar-refractivity contribution < 1.29 is 4.74 Å². The molecule has 0 spiro atoms. The van der Waals surface area contributed by atoms with Crippen LogP contribution >= 0.6 is 0 Å². The summed E-state index contributed by atoms with van der Waals surface area (Å²) in [7, 11) is 3.62. The number of rotatable bonds is 7. The first-order valence-electron chi connectivity index (χ1n) is 8.16. The summed E-state index contributed by atoms with van der Waals surface area (Å²) in [6.07, 6.45) is 1.79. The summed E-state index contributed by atoms with van der Waals surface area (Å²) in [6, 6.07) is 6.10. The van der Waals surface area contributed by atoms with E-state index in [2.05, 4.69) is 38.5 Å². The lowest BCUT2D eigenvalue weighted by molar-refractivity contribution is 0.409. The molecule has 2 N–H and O–H groups in total. The number of benzene rings is 1. The van der Waals surface area contributed by atoms with Crippen LogP contribution in [0.15, 0.2) is 35.8 Å². The van der Waals surface area contributed by atoms with Crippen LogP contribution in [-0.2, 0) is 20.1 Å². The number of hydrogen-bond acceptors (Lipinski definition) is 4. The van der Waals surface area contributed by atoms with Crippen LogP contribution in [0.25, 0.3) is 0 Å². The Balaban J connectivity index is 2.09. The van der Waals surface area contributed by atoms with Gasteiger partial charge in [0, 0.05) is 19.2 Å². The maximum Gasteiger partial charge on any atom is 0.192 e. The molecule has 0 atom stereocenters. The molecule has 7 nitrogen and oxygen atoms in total. The Kier molecular flexibility index (Phi) is 6.56. The summed E-state index contributed by atoms with van der Waals surface area (Å²) < 4.78 is 7.39. The zero-order valence-corrected chi connectivity index (χ0v) is 15.3. The minimum Gasteiger partial charge on any atom is -0.496 e. The van der Waals surface area contributed by atoms with Gasteiger partial charge in [0.15, 0.2) is 11.8 Å². The number of guanidine groups is 1. The molecule has 0 saturated carbocycles. The number of nitrogens with zero attached hydrogens (tertiary/aromatic N) is 4. The SMILES string of the molecule is C=CCNC(=NCc1ccc(C)cc1OC)NCc1nnc(C)n1C. The minimum absolute atomic E-state index is 0.508. The van der Waals surface area contributed by atoms with E-state index in [9.17, 15) is 0 Å². The number of nitrogens with one attached hydrogen (secondary N) is 2. The van der Waals surface area contributed by atoms with Gasteiger partial charge in [0.2, 0.25) is 0 Å². The molecule has 0 aliphatic carbocycles. The van der Waals surface area contributed by atoms with E-state index in [1.54, 1.807) is 13.2 Å². The molecule has 0 aliphatic heterocycles. The van der Waals surface area contributed by atoms with Crippen molar-refractivity contribution in [3.63, 3.8) is 0 Å². The molecule has 0 unspecified atom stereocenters. The van der Waals surface area contributed by atoms with Crippen LogP contribution in [-0.4, -0.2) is 34.4 Å². The smallest absolute Gasteiger partial charge is 0.192 e. The van der Waals surface area contributed by atoms with Gasteiger partial charge in [0.05, 0.1) is 20.2 Å². The van der Waals surface area contributed by atoms with Crippen LogP contribution in [0.4, 0.5) is 0 Å². The van der Waals surface area contributed by atoms with Crippen LogP contribution in [0.3, 0.4) is 0 Å². The number of aryl methyl sites for hydroxylation is 2. The number of ether oxygens (including phenoxy) is 1. The van der Waals surface area contributed by atoms with Gasteiger partial charge < -0.3 is 19.9 Å². The van der Waals surface area contributed by atoms with Gasteiger partial charge in [-0.15, -0.1) is 16.8 Å². The van der Waals surface area contributed by atoms with Crippen LogP contribution in [0.2, 0.25) is 0 Å². The lowest BCUT2D eigenvalue weighted by atomic mass is 10.1. The van der Waals surface area contributed by atoms with Crippen molar-refractivity contribution in [3.05, 3.63) is 53.6 Å². The van der Waals surface area contributed by atoms with E-state index in [1.807, 2.05) is 37.6 Å². The Bertz CT molecular complexity index is 750. The number of hydrogen-bond donors (Lipinski definition) is 2. The van der Waals surface area contributed by atoms with Crippen LogP contribution in [0, 0.1) is 13.8 Å². The molecule has 1 aromatic heterocycles. The molecule has 1 aromatic carbocycles. The average Bonchev–Trinajstić information content (AvgIpc) is 2.93. The normalized spacial score (nSPS) is 11.3. The van der Waals surface area contributed by atoms with Crippen molar-refractivity contribution in [2.75, 3.05) is 13.7 Å². The first kappa shape index (κ1) is 18.5. The predicted molar refractivity (Wildman–Crippen MR) is 99.6 cm³/mol. The van der Waals surface area contributed by atoms with Crippen molar-refractivity contribution in [3.8, 4) is 5.75 Å². The maximum absolute atomic E-state index is 5.44. The first-order chi connectivity index (χ1) is 12.0. The van der Waals surface area contributed by atoms with Gasteiger partial charge in [-0.05, 0) is 25.5 Å². The van der Waals surface area contributed by atoms with Crippen molar-refractivity contribution in [2.24, 2.45) is 12.0 Å². The van der Waals surface area contributed by atoms with E-state index in [0.717, 1.165) is 28.5 Å². The van der Waals surface area contributed by atoms with Gasteiger partial charge in [0.1, 0.15) is 11.6 Å². The molecule has 0 fully saturated rings. The third-order valence-corrected chi connectivity index (χ3v) is 3.86. The third-order valence-electron chi connectivity index (χ3n) is 3.86. The topological polar surface area (TPSA) is 76.4 Å². The number of aromatic nitrogens is 3. The maximum atomic E-state index is 5.44. The van der Waals surface area contributed by atoms with Gasteiger partial charge in [-0.3, -0.25) is 0 Å². The second kappa shape index (κ2) is 8.86. The predicted octanol–water partition coefficient (Wildman–Crippen LogP) is 1.86. The Morgan fingerprint density at radius 3 is 2.76 bits per heavy atom. The molecule has 25 heavy (non-hydrogen) atoms. The quantitative estimate of drug-likeness (QED) is 0.456. The Labute approximate surface area is 148 Å². The highest BCUT2D eigenvalue weighted by Crippen LogP contribution is 2.20. The molecule has 2 aromatic rings. The highest BCUT2D eigenvalue weighted by molar-refractivity contribution is 5.79. The minimum atomic E-state index is 0.508. The summed E-state index contributed by atoms with van der Waals surface area (Å²) in [5, 5.41) is 14.7. The summed E-state index contributed by atoms with van der Waals surface area (Å²) >= 11 is 0. The fraction of sp³-hybridized carbons (Fsp3) is 0.389. The van der Waals surface area contributed by atoms with Gasteiger partial charge in [-0.1, -0.05) is 18.2 Å². The van der Waals surface area contributed by atoms with Crippen LogP contribution in [0.1, 0.15) is 22.8 Å². The van der Waals surface area contributed by atoms with E-state index >= 15 is 0 Å². The molecule has 2 rings (SSSR count). The fourth-order valence-corrected chi connectivity index (χ4v) is 2.26. The van der Waals surface area contributed by atoms with Gasteiger partial charge >= 0.3 is 0 Å². The summed E-state index contributed by atoms with van der Waals surface area (Å²) in [4.78, 5) is 4.63. The highest BCUT2D eigenvalue weighted by atomic mass is 16.5. The lowest BCUT2D eigenvalue weighted by Crippen LogP contribution is -2.37. The summed E-state index contributed by atoms with van der Waals surface area (Å²) in [5.41, 5.74) is 2.19. The highest BCUT2D eigenvalue weighted by Gasteiger charge is 2.07. The number of methoxy groups -OCH3 is 1. The molecule has 7 heteroatoms. The largest absolute Gasteiger partial charge is 0.496 e. The van der Waals surface area contributed by atoms with Crippen LogP contribution < -0.4 is 15.4 Å². The molecular formula is C18H26N6O. The Hall–Kier alpha value is -2.83. The second-order valence-corrected chi connectivity index (χ2v) is 5.73. The molecule has 134 valence electrons. The average molecular weight is 342 g/mol. The summed E-state index contributed by atoms with van der Waals surface area (Å²) in [5.74, 6) is 3.25. The van der Waals surface area contributed by atoms with Crippen molar-refractivity contribution in [1.29, 1.82) is 0 Å². The van der Waals surface area contributed by atoms with Gasteiger partial charge in [0.25, 0.3) is 0 Å². The van der Waals surface area contributed by atoms with E-state index in [1.165, 1.54) is 0 Å². The van der Waals surface area contributed by atoms with Gasteiger partial charge in [-0.25, -0.2) is 4.99 Å². The van der Waals surface area contributed by atoms with Crippen molar-refractivity contribution >= 4 is 5.96 Å². The molecule has 1 heterocycles. The molecular weight excluding hydrogens is 316 g/mol. The second-order valence-electron chi connectivity index (χ2n) is 5.73.